The van der Waals surface area contributed by atoms with Crippen molar-refractivity contribution >= 4 is 21.6 Å². The Balaban J connectivity index is 2.10. The van der Waals surface area contributed by atoms with E-state index in [1.54, 1.807) is 30.3 Å². The summed E-state index contributed by atoms with van der Waals surface area (Å²) < 4.78 is 43.2. The van der Waals surface area contributed by atoms with Gasteiger partial charge >= 0.3 is 6.61 Å². The zero-order valence-electron chi connectivity index (χ0n) is 10.2. The first-order valence-electron chi connectivity index (χ1n) is 5.78. The summed E-state index contributed by atoms with van der Waals surface area (Å²) in [5.74, 6) is -0.348. The fourth-order valence-electron chi connectivity index (χ4n) is 1.67. The van der Waals surface area contributed by atoms with Gasteiger partial charge in [-0.25, -0.2) is 4.39 Å². The number of anilines is 1. The Morgan fingerprint density at radius 2 is 1.90 bits per heavy atom. The van der Waals surface area contributed by atoms with E-state index in [1.807, 2.05) is 0 Å². The minimum atomic E-state index is -2.90. The third-order valence-corrected chi connectivity index (χ3v) is 3.08. The maximum atomic E-state index is 13.6. The third kappa shape index (κ3) is 3.90. The summed E-state index contributed by atoms with van der Waals surface area (Å²) in [5.41, 5.74) is 0.815. The second-order valence-electron chi connectivity index (χ2n) is 3.96. The lowest BCUT2D eigenvalue weighted by molar-refractivity contribution is -0.0493. The molecule has 0 aliphatic carbocycles. The van der Waals surface area contributed by atoms with Crippen LogP contribution in [-0.2, 0) is 6.54 Å². The molecule has 0 aliphatic heterocycles. The van der Waals surface area contributed by atoms with Crippen molar-refractivity contribution in [3.63, 3.8) is 0 Å². The number of para-hydroxylation sites is 2. The van der Waals surface area contributed by atoms with E-state index in [4.69, 9.17) is 0 Å². The first-order chi connectivity index (χ1) is 9.56. The highest BCUT2D eigenvalue weighted by Gasteiger charge is 2.09. The standard InChI is InChI=1S/C14H11BrF3NO/c15-10-6-5-9(11(16)7-10)8-19-12-3-1-2-4-13(12)20-14(17)18/h1-7,14,19H,8H2. The Hall–Kier alpha value is -1.69. The van der Waals surface area contributed by atoms with Crippen molar-refractivity contribution in [1.82, 2.24) is 0 Å². The summed E-state index contributed by atoms with van der Waals surface area (Å²) in [6.45, 7) is -2.73. The van der Waals surface area contributed by atoms with Gasteiger partial charge < -0.3 is 10.1 Å². The number of hydrogen-bond donors (Lipinski definition) is 1. The van der Waals surface area contributed by atoms with Gasteiger partial charge in [-0.2, -0.15) is 8.78 Å². The smallest absolute Gasteiger partial charge is 0.387 e. The summed E-state index contributed by atoms with van der Waals surface area (Å²) in [5, 5.41) is 2.88. The van der Waals surface area contributed by atoms with Gasteiger partial charge in [0.05, 0.1) is 5.69 Å². The molecule has 0 saturated carbocycles. The molecule has 0 bridgehead atoms. The maximum absolute atomic E-state index is 13.6. The van der Waals surface area contributed by atoms with Crippen molar-refractivity contribution in [2.75, 3.05) is 5.32 Å². The van der Waals surface area contributed by atoms with Crippen LogP contribution in [0.15, 0.2) is 46.9 Å². The van der Waals surface area contributed by atoms with Gasteiger partial charge in [-0.1, -0.05) is 34.1 Å². The van der Waals surface area contributed by atoms with Crippen LogP contribution in [0.2, 0.25) is 0 Å². The topological polar surface area (TPSA) is 21.3 Å². The Labute approximate surface area is 122 Å². The first kappa shape index (κ1) is 14.7. The Kier molecular flexibility index (Phi) is 4.89. The van der Waals surface area contributed by atoms with Crippen LogP contribution in [0.5, 0.6) is 5.75 Å². The van der Waals surface area contributed by atoms with Crippen LogP contribution in [-0.4, -0.2) is 6.61 Å². The van der Waals surface area contributed by atoms with Crippen LogP contribution >= 0.6 is 15.9 Å². The predicted molar refractivity (Wildman–Crippen MR) is 74.5 cm³/mol. The zero-order valence-corrected chi connectivity index (χ0v) is 11.8. The van der Waals surface area contributed by atoms with Gasteiger partial charge in [-0.15, -0.1) is 0 Å². The van der Waals surface area contributed by atoms with E-state index in [2.05, 4.69) is 26.0 Å². The van der Waals surface area contributed by atoms with Crippen LogP contribution < -0.4 is 10.1 Å². The molecule has 6 heteroatoms. The van der Waals surface area contributed by atoms with Crippen LogP contribution in [0.3, 0.4) is 0 Å². The molecule has 2 rings (SSSR count). The highest BCUT2D eigenvalue weighted by molar-refractivity contribution is 9.10. The van der Waals surface area contributed by atoms with E-state index in [0.717, 1.165) is 0 Å². The lowest BCUT2D eigenvalue weighted by Gasteiger charge is -2.13. The molecule has 2 aromatic carbocycles. The molecule has 2 aromatic rings. The summed E-state index contributed by atoms with van der Waals surface area (Å²) in [4.78, 5) is 0. The van der Waals surface area contributed by atoms with Crippen LogP contribution in [0, 0.1) is 5.82 Å². The molecule has 0 aliphatic rings. The van der Waals surface area contributed by atoms with E-state index < -0.39 is 6.61 Å². The van der Waals surface area contributed by atoms with Gasteiger partial charge in [0.1, 0.15) is 11.6 Å². The summed E-state index contributed by atoms with van der Waals surface area (Å²) in [6, 6.07) is 11.0. The molecular weight excluding hydrogens is 335 g/mol. The molecule has 0 spiro atoms. The van der Waals surface area contributed by atoms with Crippen molar-refractivity contribution in [1.29, 1.82) is 0 Å². The Bertz CT molecular complexity index is 592. The Morgan fingerprint density at radius 3 is 2.60 bits per heavy atom. The normalized spacial score (nSPS) is 10.7. The number of halogens is 4. The van der Waals surface area contributed by atoms with E-state index in [1.165, 1.54) is 12.1 Å². The second kappa shape index (κ2) is 6.65. The van der Waals surface area contributed by atoms with Crippen molar-refractivity contribution < 1.29 is 17.9 Å². The average molecular weight is 346 g/mol. The summed E-state index contributed by atoms with van der Waals surface area (Å²) in [6.07, 6.45) is 0. The van der Waals surface area contributed by atoms with Crippen molar-refractivity contribution in [3.05, 3.63) is 58.3 Å². The van der Waals surface area contributed by atoms with Gasteiger partial charge in [0.25, 0.3) is 0 Å². The molecule has 2 nitrogen and oxygen atoms in total. The van der Waals surface area contributed by atoms with Gasteiger partial charge in [-0.05, 0) is 24.3 Å². The van der Waals surface area contributed by atoms with Crippen LogP contribution in [0.25, 0.3) is 0 Å². The molecule has 20 heavy (non-hydrogen) atoms. The number of hydrogen-bond acceptors (Lipinski definition) is 2. The molecule has 0 atom stereocenters. The van der Waals surface area contributed by atoms with E-state index in [9.17, 15) is 13.2 Å². The molecular formula is C14H11BrF3NO. The first-order valence-corrected chi connectivity index (χ1v) is 6.57. The highest BCUT2D eigenvalue weighted by Crippen LogP contribution is 2.26. The highest BCUT2D eigenvalue weighted by atomic mass is 79.9. The van der Waals surface area contributed by atoms with Crippen molar-refractivity contribution in [2.45, 2.75) is 13.2 Å². The fourth-order valence-corrected chi connectivity index (χ4v) is 2.00. The van der Waals surface area contributed by atoms with E-state index >= 15 is 0 Å². The van der Waals surface area contributed by atoms with Gasteiger partial charge in [0.15, 0.2) is 0 Å². The number of benzene rings is 2. The van der Waals surface area contributed by atoms with Crippen molar-refractivity contribution in [2.24, 2.45) is 0 Å². The Morgan fingerprint density at radius 1 is 1.15 bits per heavy atom. The van der Waals surface area contributed by atoms with Crippen molar-refractivity contribution in [3.8, 4) is 5.75 Å². The molecule has 0 heterocycles. The van der Waals surface area contributed by atoms with Gasteiger partial charge in [0.2, 0.25) is 0 Å². The van der Waals surface area contributed by atoms with E-state index in [0.29, 0.717) is 15.7 Å². The number of ether oxygens (including phenoxy) is 1. The van der Waals surface area contributed by atoms with Gasteiger partial charge in [-0.3, -0.25) is 0 Å². The molecule has 0 amide bonds. The summed E-state index contributed by atoms with van der Waals surface area (Å²) in [7, 11) is 0. The predicted octanol–water partition coefficient (Wildman–Crippen LogP) is 4.80. The quantitative estimate of drug-likeness (QED) is 0.840. The number of nitrogens with one attached hydrogen (secondary N) is 1. The maximum Gasteiger partial charge on any atom is 0.387 e. The average Bonchev–Trinajstić information content (AvgIpc) is 2.39. The third-order valence-electron chi connectivity index (χ3n) is 2.59. The lowest BCUT2D eigenvalue weighted by Crippen LogP contribution is -2.07. The molecule has 1 N–H and O–H groups in total. The largest absolute Gasteiger partial charge is 0.433 e. The van der Waals surface area contributed by atoms with Crippen LogP contribution in [0.1, 0.15) is 5.56 Å². The minimum Gasteiger partial charge on any atom is -0.433 e. The van der Waals surface area contributed by atoms with E-state index in [-0.39, 0.29) is 18.1 Å². The summed E-state index contributed by atoms with van der Waals surface area (Å²) >= 11 is 3.17. The van der Waals surface area contributed by atoms with Crippen LogP contribution in [0.4, 0.5) is 18.9 Å². The zero-order chi connectivity index (χ0) is 14.5. The molecule has 106 valence electrons. The lowest BCUT2D eigenvalue weighted by atomic mass is 10.2. The van der Waals surface area contributed by atoms with Gasteiger partial charge in [0, 0.05) is 16.6 Å². The monoisotopic (exact) mass is 345 g/mol. The second-order valence-corrected chi connectivity index (χ2v) is 4.88. The minimum absolute atomic E-state index is 0.0278. The fraction of sp³-hybridized carbons (Fsp3) is 0.143. The SMILES string of the molecule is Fc1cc(Br)ccc1CNc1ccccc1OC(F)F. The molecule has 0 unspecified atom stereocenters. The molecule has 0 saturated heterocycles. The molecule has 0 fully saturated rings. The number of alkyl halides is 2. The number of rotatable bonds is 5. The molecule has 0 radical (unpaired) electrons. The molecule has 0 aromatic heterocycles.